The summed E-state index contributed by atoms with van der Waals surface area (Å²) in [5.41, 5.74) is 3.13. The van der Waals surface area contributed by atoms with Crippen LogP contribution in [-0.2, 0) is 13.2 Å². The summed E-state index contributed by atoms with van der Waals surface area (Å²) in [5, 5.41) is 4.96. The average molecular weight is 461 g/mol. The molecule has 0 amide bonds. The SMILES string of the molecule is Clc1ccccc1N1CCN(Cc2nc(-c3ccc(OCc4ccccc4)cc3)no2)CC1. The van der Waals surface area contributed by atoms with Crippen LogP contribution < -0.4 is 9.64 Å². The summed E-state index contributed by atoms with van der Waals surface area (Å²) in [7, 11) is 0. The number of nitrogens with zero attached hydrogens (tertiary/aromatic N) is 4. The van der Waals surface area contributed by atoms with Crippen molar-refractivity contribution in [3.63, 3.8) is 0 Å². The minimum absolute atomic E-state index is 0.538. The second-order valence-electron chi connectivity index (χ2n) is 8.02. The zero-order valence-electron chi connectivity index (χ0n) is 18.2. The van der Waals surface area contributed by atoms with Gasteiger partial charge in [-0.1, -0.05) is 59.2 Å². The summed E-state index contributed by atoms with van der Waals surface area (Å²) in [6.07, 6.45) is 0. The minimum atomic E-state index is 0.538. The van der Waals surface area contributed by atoms with Gasteiger partial charge in [0.25, 0.3) is 0 Å². The Morgan fingerprint density at radius 3 is 2.33 bits per heavy atom. The minimum Gasteiger partial charge on any atom is -0.489 e. The van der Waals surface area contributed by atoms with Crippen molar-refractivity contribution in [2.75, 3.05) is 31.1 Å². The summed E-state index contributed by atoms with van der Waals surface area (Å²) < 4.78 is 11.4. The lowest BCUT2D eigenvalue weighted by atomic mass is 10.2. The molecule has 0 radical (unpaired) electrons. The molecule has 33 heavy (non-hydrogen) atoms. The monoisotopic (exact) mass is 460 g/mol. The summed E-state index contributed by atoms with van der Waals surface area (Å²) in [6.45, 7) is 4.83. The quantitative estimate of drug-likeness (QED) is 0.373. The van der Waals surface area contributed by atoms with Gasteiger partial charge < -0.3 is 14.2 Å². The fourth-order valence-corrected chi connectivity index (χ4v) is 4.18. The van der Waals surface area contributed by atoms with Crippen LogP contribution >= 0.6 is 11.6 Å². The number of ether oxygens (including phenoxy) is 1. The van der Waals surface area contributed by atoms with Crippen LogP contribution in [0.15, 0.2) is 83.4 Å². The molecule has 1 fully saturated rings. The van der Waals surface area contributed by atoms with Crippen LogP contribution in [0.25, 0.3) is 11.4 Å². The molecule has 1 aliphatic rings. The van der Waals surface area contributed by atoms with Crippen molar-refractivity contribution < 1.29 is 9.26 Å². The molecule has 0 spiro atoms. The first-order chi connectivity index (χ1) is 16.2. The van der Waals surface area contributed by atoms with Crippen LogP contribution in [-0.4, -0.2) is 41.2 Å². The van der Waals surface area contributed by atoms with Gasteiger partial charge >= 0.3 is 0 Å². The van der Waals surface area contributed by atoms with E-state index in [4.69, 9.17) is 20.9 Å². The van der Waals surface area contributed by atoms with Crippen molar-refractivity contribution >= 4 is 17.3 Å². The number of piperazine rings is 1. The molecule has 0 N–H and O–H groups in total. The molecule has 5 rings (SSSR count). The first-order valence-corrected chi connectivity index (χ1v) is 11.4. The highest BCUT2D eigenvalue weighted by Crippen LogP contribution is 2.26. The van der Waals surface area contributed by atoms with E-state index in [1.807, 2.05) is 72.8 Å². The van der Waals surface area contributed by atoms with Gasteiger partial charge in [0, 0.05) is 31.7 Å². The molecule has 0 atom stereocenters. The maximum absolute atomic E-state index is 6.34. The number of hydrogen-bond acceptors (Lipinski definition) is 6. The lowest BCUT2D eigenvalue weighted by Gasteiger charge is -2.35. The third-order valence-corrected chi connectivity index (χ3v) is 6.07. The van der Waals surface area contributed by atoms with Crippen molar-refractivity contribution in [3.05, 3.63) is 95.3 Å². The van der Waals surface area contributed by atoms with Gasteiger partial charge in [-0.15, -0.1) is 0 Å². The Morgan fingerprint density at radius 1 is 0.848 bits per heavy atom. The fraction of sp³-hybridized carbons (Fsp3) is 0.231. The molecule has 4 aromatic rings. The Balaban J connectivity index is 1.14. The number of aromatic nitrogens is 2. The molecule has 6 nitrogen and oxygen atoms in total. The molecule has 1 aliphatic heterocycles. The van der Waals surface area contributed by atoms with Gasteiger partial charge in [-0.2, -0.15) is 4.98 Å². The van der Waals surface area contributed by atoms with E-state index in [0.717, 1.165) is 53.8 Å². The van der Waals surface area contributed by atoms with Crippen molar-refractivity contribution in [3.8, 4) is 17.1 Å². The number of para-hydroxylation sites is 1. The van der Waals surface area contributed by atoms with E-state index < -0.39 is 0 Å². The highest BCUT2D eigenvalue weighted by molar-refractivity contribution is 6.33. The summed E-state index contributed by atoms with van der Waals surface area (Å²) in [4.78, 5) is 9.24. The maximum Gasteiger partial charge on any atom is 0.241 e. The van der Waals surface area contributed by atoms with Crippen molar-refractivity contribution in [2.45, 2.75) is 13.2 Å². The van der Waals surface area contributed by atoms with Gasteiger partial charge in [0.2, 0.25) is 11.7 Å². The van der Waals surface area contributed by atoms with Gasteiger partial charge in [-0.3, -0.25) is 4.90 Å². The first-order valence-electron chi connectivity index (χ1n) is 11.1. The Morgan fingerprint density at radius 2 is 1.58 bits per heavy atom. The van der Waals surface area contributed by atoms with Gasteiger partial charge in [0.15, 0.2) is 0 Å². The third-order valence-electron chi connectivity index (χ3n) is 5.75. The third kappa shape index (κ3) is 5.35. The van der Waals surface area contributed by atoms with E-state index in [-0.39, 0.29) is 0 Å². The van der Waals surface area contributed by atoms with Gasteiger partial charge in [0.1, 0.15) is 12.4 Å². The predicted molar refractivity (Wildman–Crippen MR) is 129 cm³/mol. The number of anilines is 1. The Labute approximate surface area is 198 Å². The van der Waals surface area contributed by atoms with Crippen LogP contribution in [0.2, 0.25) is 5.02 Å². The van der Waals surface area contributed by atoms with Crippen LogP contribution in [0.4, 0.5) is 5.69 Å². The van der Waals surface area contributed by atoms with Gasteiger partial charge in [-0.05, 0) is 42.0 Å². The normalized spacial score (nSPS) is 14.4. The highest BCUT2D eigenvalue weighted by atomic mass is 35.5. The average Bonchev–Trinajstić information content (AvgIpc) is 3.33. The zero-order chi connectivity index (χ0) is 22.5. The van der Waals surface area contributed by atoms with E-state index in [9.17, 15) is 0 Å². The van der Waals surface area contributed by atoms with Crippen LogP contribution in [0, 0.1) is 0 Å². The molecular weight excluding hydrogens is 436 g/mol. The van der Waals surface area contributed by atoms with Crippen LogP contribution in [0.5, 0.6) is 5.75 Å². The molecule has 1 saturated heterocycles. The number of rotatable bonds is 7. The molecule has 7 heteroatoms. The van der Waals surface area contributed by atoms with Crippen molar-refractivity contribution in [2.24, 2.45) is 0 Å². The number of halogens is 1. The maximum atomic E-state index is 6.34. The molecule has 0 aliphatic carbocycles. The van der Waals surface area contributed by atoms with Gasteiger partial charge in [0.05, 0.1) is 17.3 Å². The van der Waals surface area contributed by atoms with Crippen LogP contribution in [0.3, 0.4) is 0 Å². The molecule has 1 aromatic heterocycles. The largest absolute Gasteiger partial charge is 0.489 e. The van der Waals surface area contributed by atoms with E-state index in [2.05, 4.69) is 26.0 Å². The Kier molecular flexibility index (Phi) is 6.56. The van der Waals surface area contributed by atoms with Gasteiger partial charge in [-0.25, -0.2) is 0 Å². The Hall–Kier alpha value is -3.35. The summed E-state index contributed by atoms with van der Waals surface area (Å²) in [5.74, 6) is 2.03. The van der Waals surface area contributed by atoms with E-state index >= 15 is 0 Å². The first kappa shape index (κ1) is 21.5. The van der Waals surface area contributed by atoms with E-state index in [1.54, 1.807) is 0 Å². The van der Waals surface area contributed by atoms with Crippen molar-refractivity contribution in [1.29, 1.82) is 0 Å². The Bertz CT molecular complexity index is 1170. The summed E-state index contributed by atoms with van der Waals surface area (Å²) in [6, 6.07) is 25.9. The molecular formula is C26H25ClN4O2. The molecule has 0 saturated carbocycles. The molecule has 3 aromatic carbocycles. The number of hydrogen-bond donors (Lipinski definition) is 0. The zero-order valence-corrected chi connectivity index (χ0v) is 19.0. The molecule has 2 heterocycles. The summed E-state index contributed by atoms with van der Waals surface area (Å²) >= 11 is 6.34. The second-order valence-corrected chi connectivity index (χ2v) is 8.43. The fourth-order valence-electron chi connectivity index (χ4n) is 3.92. The van der Waals surface area contributed by atoms with Crippen molar-refractivity contribution in [1.82, 2.24) is 15.0 Å². The topological polar surface area (TPSA) is 54.6 Å². The smallest absolute Gasteiger partial charge is 0.241 e. The van der Waals surface area contributed by atoms with E-state index in [0.29, 0.717) is 24.9 Å². The molecule has 0 bridgehead atoms. The molecule has 168 valence electrons. The lowest BCUT2D eigenvalue weighted by Crippen LogP contribution is -2.46. The standard InChI is InChI=1S/C26H25ClN4O2/c27-23-8-4-5-9-24(23)31-16-14-30(15-17-31)18-25-28-26(29-33-25)21-10-12-22(13-11-21)32-19-20-6-2-1-3-7-20/h1-13H,14-19H2. The lowest BCUT2D eigenvalue weighted by molar-refractivity contribution is 0.215. The predicted octanol–water partition coefficient (Wildman–Crippen LogP) is 5.29. The highest BCUT2D eigenvalue weighted by Gasteiger charge is 2.21. The molecule has 0 unspecified atom stereocenters. The van der Waals surface area contributed by atoms with Crippen LogP contribution in [0.1, 0.15) is 11.5 Å². The second kappa shape index (κ2) is 10.1. The van der Waals surface area contributed by atoms with E-state index in [1.165, 1.54) is 0 Å². The number of benzene rings is 3.